The number of piperidine rings is 1. The molecule has 2 atom stereocenters. The lowest BCUT2D eigenvalue weighted by Crippen LogP contribution is -2.50. The Morgan fingerprint density at radius 3 is 2.38 bits per heavy atom. The molecule has 1 saturated heterocycles. The molecule has 0 spiro atoms. The first-order valence-corrected chi connectivity index (χ1v) is 9.71. The lowest BCUT2D eigenvalue weighted by atomic mass is 9.89. The number of nitrogens with one attached hydrogen (secondary N) is 2. The molecule has 174 valence electrons. The van der Waals surface area contributed by atoms with E-state index in [4.69, 9.17) is 14.6 Å². The zero-order valence-electron chi connectivity index (χ0n) is 17.6. The number of hydrogen-bond donors (Lipinski definition) is 3. The highest BCUT2D eigenvalue weighted by Crippen LogP contribution is 2.26. The minimum atomic E-state index is -5.08. The number of pyridine rings is 1. The number of aliphatic carboxylic acids is 1. The second-order valence-corrected chi connectivity index (χ2v) is 7.15. The van der Waals surface area contributed by atoms with Gasteiger partial charge in [0.15, 0.2) is 0 Å². The van der Waals surface area contributed by atoms with Gasteiger partial charge in [-0.05, 0) is 44.3 Å². The number of likely N-dealkylation sites (tertiary alicyclic amines) is 1. The zero-order chi connectivity index (χ0) is 23.7. The first-order valence-electron chi connectivity index (χ1n) is 9.71. The lowest BCUT2D eigenvalue weighted by molar-refractivity contribution is -0.192. The van der Waals surface area contributed by atoms with Crippen LogP contribution in [0.4, 0.5) is 23.7 Å². The van der Waals surface area contributed by atoms with Crippen molar-refractivity contribution in [2.24, 2.45) is 0 Å². The smallest absolute Gasteiger partial charge is 0.490 e. The van der Waals surface area contributed by atoms with Crippen LogP contribution in [0.2, 0.25) is 0 Å². The summed E-state index contributed by atoms with van der Waals surface area (Å²) in [6.45, 7) is 1.80. The molecule has 1 aromatic carbocycles. The molecule has 2 aromatic rings. The summed E-state index contributed by atoms with van der Waals surface area (Å²) in [4.78, 5) is 28.1. The fourth-order valence-electron chi connectivity index (χ4n) is 3.18. The monoisotopic (exact) mass is 454 g/mol. The molecule has 1 aromatic heterocycles. The average molecular weight is 454 g/mol. The van der Waals surface area contributed by atoms with Gasteiger partial charge in [-0.2, -0.15) is 13.2 Å². The highest BCUT2D eigenvalue weighted by atomic mass is 19.4. The quantitative estimate of drug-likeness (QED) is 0.655. The summed E-state index contributed by atoms with van der Waals surface area (Å²) in [5.74, 6) is -1.88. The van der Waals surface area contributed by atoms with Gasteiger partial charge in [0.25, 0.3) is 0 Å². The van der Waals surface area contributed by atoms with Crippen molar-refractivity contribution >= 4 is 17.7 Å². The van der Waals surface area contributed by atoms with Crippen LogP contribution in [0.1, 0.15) is 18.0 Å². The standard InChI is InChI=1S/C19H24N4O2.C2HF3O2/c1-23-11-10-18(22-19(24)21-14-6-4-3-5-7-14)16(13-23)17-9-8-15(25-2)12-20-17;3-2(4,5)1(6)7/h3-9,12,16,18H,10-11,13H2,1-2H3,(H2,21,22,24);(H,6,7)/t16-,18+;/m0./s1. The Balaban J connectivity index is 0.000000451. The Morgan fingerprint density at radius 1 is 1.19 bits per heavy atom. The normalized spacial score (nSPS) is 18.7. The van der Waals surface area contributed by atoms with E-state index in [0.717, 1.165) is 36.6 Å². The van der Waals surface area contributed by atoms with Crippen LogP contribution in [0.5, 0.6) is 5.75 Å². The highest BCUT2D eigenvalue weighted by molar-refractivity contribution is 5.89. The number of hydrogen-bond acceptors (Lipinski definition) is 5. The topological polar surface area (TPSA) is 104 Å². The third kappa shape index (κ3) is 7.73. The molecule has 0 radical (unpaired) electrons. The van der Waals surface area contributed by atoms with E-state index in [0.29, 0.717) is 0 Å². The molecule has 1 aliphatic heterocycles. The summed E-state index contributed by atoms with van der Waals surface area (Å²) in [6, 6.07) is 13.2. The van der Waals surface area contributed by atoms with Gasteiger partial charge in [-0.25, -0.2) is 9.59 Å². The summed E-state index contributed by atoms with van der Waals surface area (Å²) in [5, 5.41) is 13.1. The number of alkyl halides is 3. The van der Waals surface area contributed by atoms with Gasteiger partial charge < -0.3 is 25.4 Å². The van der Waals surface area contributed by atoms with Crippen molar-refractivity contribution in [2.75, 3.05) is 32.6 Å². The number of amides is 2. The molecule has 8 nitrogen and oxygen atoms in total. The van der Waals surface area contributed by atoms with Gasteiger partial charge in [0.05, 0.1) is 13.3 Å². The number of rotatable bonds is 4. The first kappa shape index (κ1) is 24.9. The van der Waals surface area contributed by atoms with Crippen LogP contribution in [0.3, 0.4) is 0 Å². The largest absolute Gasteiger partial charge is 0.495 e. The molecule has 2 amide bonds. The second kappa shape index (κ2) is 11.3. The van der Waals surface area contributed by atoms with Crippen LogP contribution in [0, 0.1) is 0 Å². The van der Waals surface area contributed by atoms with Crippen LogP contribution in [0.25, 0.3) is 0 Å². The molecule has 3 rings (SSSR count). The maximum atomic E-state index is 12.4. The van der Waals surface area contributed by atoms with E-state index in [2.05, 4.69) is 27.6 Å². The predicted molar refractivity (Wildman–Crippen MR) is 112 cm³/mol. The summed E-state index contributed by atoms with van der Waals surface area (Å²) in [6.07, 6.45) is -2.47. The fourth-order valence-corrected chi connectivity index (χ4v) is 3.18. The van der Waals surface area contributed by atoms with Gasteiger partial charge in [0.2, 0.25) is 0 Å². The van der Waals surface area contributed by atoms with E-state index >= 15 is 0 Å². The molecule has 0 bridgehead atoms. The van der Waals surface area contributed by atoms with Crippen molar-refractivity contribution in [1.29, 1.82) is 0 Å². The number of nitrogens with zero attached hydrogens (tertiary/aromatic N) is 2. The SMILES string of the molecule is COc1ccc([C@@H]2CN(C)CC[C@H]2NC(=O)Nc2ccccc2)nc1.O=C(O)C(F)(F)F. The van der Waals surface area contributed by atoms with E-state index in [1.807, 2.05) is 42.5 Å². The Bertz CT molecular complexity index is 879. The number of ether oxygens (including phenoxy) is 1. The van der Waals surface area contributed by atoms with E-state index in [1.54, 1.807) is 13.3 Å². The van der Waals surface area contributed by atoms with E-state index < -0.39 is 12.1 Å². The van der Waals surface area contributed by atoms with Crippen molar-refractivity contribution < 1.29 is 32.6 Å². The maximum Gasteiger partial charge on any atom is 0.490 e. The van der Waals surface area contributed by atoms with Gasteiger partial charge in [0, 0.05) is 29.9 Å². The summed E-state index contributed by atoms with van der Waals surface area (Å²) in [5.41, 5.74) is 1.75. The number of aromatic nitrogens is 1. The minimum absolute atomic E-state index is 0.0424. The van der Waals surface area contributed by atoms with E-state index in [1.165, 1.54) is 0 Å². The van der Waals surface area contributed by atoms with Gasteiger partial charge in [-0.1, -0.05) is 18.2 Å². The molecule has 3 N–H and O–H groups in total. The molecule has 32 heavy (non-hydrogen) atoms. The van der Waals surface area contributed by atoms with Crippen LogP contribution in [0.15, 0.2) is 48.7 Å². The third-order valence-electron chi connectivity index (χ3n) is 4.78. The lowest BCUT2D eigenvalue weighted by Gasteiger charge is -2.36. The fraction of sp³-hybridized carbons (Fsp3) is 0.381. The number of halogens is 3. The molecular weight excluding hydrogens is 429 g/mol. The van der Waals surface area contributed by atoms with Crippen molar-refractivity contribution in [3.63, 3.8) is 0 Å². The number of carbonyl (C=O) groups is 2. The molecule has 0 unspecified atom stereocenters. The average Bonchev–Trinajstić information content (AvgIpc) is 2.75. The Labute approximate surface area is 183 Å². The maximum absolute atomic E-state index is 12.4. The number of carbonyl (C=O) groups excluding carboxylic acids is 1. The number of likely N-dealkylation sites (N-methyl/N-ethyl adjacent to an activating group) is 1. The molecule has 1 fully saturated rings. The molecule has 0 saturated carbocycles. The summed E-state index contributed by atoms with van der Waals surface area (Å²) in [7, 11) is 3.72. The predicted octanol–water partition coefficient (Wildman–Crippen LogP) is 3.33. The van der Waals surface area contributed by atoms with Crippen molar-refractivity contribution in [3.05, 3.63) is 54.4 Å². The Morgan fingerprint density at radius 2 is 1.84 bits per heavy atom. The Hall–Kier alpha value is -3.34. The number of urea groups is 1. The van der Waals surface area contributed by atoms with Crippen molar-refractivity contribution in [2.45, 2.75) is 24.6 Å². The van der Waals surface area contributed by atoms with Gasteiger partial charge in [0.1, 0.15) is 5.75 Å². The number of para-hydroxylation sites is 1. The highest BCUT2D eigenvalue weighted by Gasteiger charge is 2.38. The molecule has 0 aliphatic carbocycles. The van der Waals surface area contributed by atoms with E-state index in [9.17, 15) is 18.0 Å². The van der Waals surface area contributed by atoms with Crippen molar-refractivity contribution in [3.8, 4) is 5.75 Å². The summed E-state index contributed by atoms with van der Waals surface area (Å²) >= 11 is 0. The molecular formula is C21H25F3N4O4. The Kier molecular flexibility index (Phi) is 8.82. The number of benzene rings is 1. The van der Waals surface area contributed by atoms with Gasteiger partial charge in [-0.15, -0.1) is 0 Å². The van der Waals surface area contributed by atoms with E-state index in [-0.39, 0.29) is 18.0 Å². The number of methoxy groups -OCH3 is 1. The summed E-state index contributed by atoms with van der Waals surface area (Å²) < 4.78 is 36.9. The van der Waals surface area contributed by atoms with Gasteiger partial charge in [-0.3, -0.25) is 4.98 Å². The second-order valence-electron chi connectivity index (χ2n) is 7.15. The van der Waals surface area contributed by atoms with Gasteiger partial charge >= 0.3 is 18.2 Å². The zero-order valence-corrected chi connectivity index (χ0v) is 17.6. The number of anilines is 1. The molecule has 11 heteroatoms. The van der Waals surface area contributed by atoms with Crippen LogP contribution in [-0.4, -0.2) is 66.5 Å². The first-order chi connectivity index (χ1) is 15.1. The number of carboxylic acid groups (broad SMARTS) is 1. The minimum Gasteiger partial charge on any atom is -0.495 e. The molecule has 1 aliphatic rings. The van der Waals surface area contributed by atoms with Crippen LogP contribution in [-0.2, 0) is 4.79 Å². The molecule has 2 heterocycles. The van der Waals surface area contributed by atoms with Crippen LogP contribution >= 0.6 is 0 Å². The third-order valence-corrected chi connectivity index (χ3v) is 4.78. The van der Waals surface area contributed by atoms with Crippen molar-refractivity contribution in [1.82, 2.24) is 15.2 Å². The van der Waals surface area contributed by atoms with Crippen LogP contribution < -0.4 is 15.4 Å². The number of carboxylic acids is 1.